The molecular formula is C10H10N2O3. The molecule has 0 unspecified atom stereocenters. The second kappa shape index (κ2) is 4.42. The van der Waals surface area contributed by atoms with Crippen LogP contribution in [0.2, 0.25) is 0 Å². The molecule has 0 atom stereocenters. The molecular weight excluding hydrogens is 196 g/mol. The average Bonchev–Trinajstić information content (AvgIpc) is 2.20. The summed E-state index contributed by atoms with van der Waals surface area (Å²) in [4.78, 5) is 10.2. The minimum absolute atomic E-state index is 0.0143. The van der Waals surface area contributed by atoms with Gasteiger partial charge < -0.3 is 4.74 Å². The minimum atomic E-state index is -0.473. The van der Waals surface area contributed by atoms with Crippen LogP contribution in [-0.2, 0) is 6.42 Å². The first-order chi connectivity index (χ1) is 7.10. The first-order valence-corrected chi connectivity index (χ1v) is 4.29. The summed E-state index contributed by atoms with van der Waals surface area (Å²) in [6.07, 6.45) is 0.136. The molecule has 0 amide bonds. The predicted octanol–water partition coefficient (Wildman–Crippen LogP) is 1.98. The molecule has 0 saturated carbocycles. The molecule has 0 aliphatic heterocycles. The molecule has 0 aliphatic carbocycles. The van der Waals surface area contributed by atoms with Gasteiger partial charge in [-0.1, -0.05) is 0 Å². The molecule has 0 radical (unpaired) electrons. The van der Waals surface area contributed by atoms with Crippen LogP contribution in [0.4, 0.5) is 5.69 Å². The highest BCUT2D eigenvalue weighted by Crippen LogP contribution is 2.29. The van der Waals surface area contributed by atoms with Crippen LogP contribution in [0.3, 0.4) is 0 Å². The molecule has 5 heteroatoms. The Morgan fingerprint density at radius 1 is 1.60 bits per heavy atom. The molecule has 0 heterocycles. The Bertz CT molecular complexity index is 435. The van der Waals surface area contributed by atoms with Crippen molar-refractivity contribution in [1.29, 1.82) is 5.26 Å². The average molecular weight is 206 g/mol. The number of nitrogens with zero attached hydrogens (tertiary/aromatic N) is 2. The normalized spacial score (nSPS) is 9.40. The maximum absolute atomic E-state index is 10.7. The van der Waals surface area contributed by atoms with E-state index in [0.29, 0.717) is 16.9 Å². The van der Waals surface area contributed by atoms with Crippen molar-refractivity contribution in [2.45, 2.75) is 13.3 Å². The van der Waals surface area contributed by atoms with E-state index in [1.807, 2.05) is 6.07 Å². The summed E-state index contributed by atoms with van der Waals surface area (Å²) >= 11 is 0. The van der Waals surface area contributed by atoms with Crippen LogP contribution in [-0.4, -0.2) is 12.0 Å². The van der Waals surface area contributed by atoms with Gasteiger partial charge in [-0.25, -0.2) is 0 Å². The van der Waals surface area contributed by atoms with Gasteiger partial charge in [-0.05, 0) is 18.6 Å². The Morgan fingerprint density at radius 3 is 2.73 bits per heavy atom. The number of methoxy groups -OCH3 is 1. The second-order valence-electron chi connectivity index (χ2n) is 3.03. The van der Waals surface area contributed by atoms with E-state index < -0.39 is 4.92 Å². The Morgan fingerprint density at radius 2 is 2.27 bits per heavy atom. The molecule has 0 bridgehead atoms. The number of nitriles is 1. The van der Waals surface area contributed by atoms with Crippen LogP contribution in [0.15, 0.2) is 12.1 Å². The molecule has 0 N–H and O–H groups in total. The van der Waals surface area contributed by atoms with Crippen molar-refractivity contribution in [3.05, 3.63) is 33.4 Å². The van der Waals surface area contributed by atoms with Gasteiger partial charge in [0.2, 0.25) is 0 Å². The molecule has 5 nitrogen and oxygen atoms in total. The third kappa shape index (κ3) is 2.23. The summed E-state index contributed by atoms with van der Waals surface area (Å²) in [7, 11) is 1.45. The Labute approximate surface area is 87.1 Å². The van der Waals surface area contributed by atoms with Gasteiger partial charge in [-0.2, -0.15) is 5.26 Å². The lowest BCUT2D eigenvalue weighted by molar-refractivity contribution is -0.385. The Hall–Kier alpha value is -2.09. The summed E-state index contributed by atoms with van der Waals surface area (Å²) in [5, 5.41) is 19.2. The molecule has 0 spiro atoms. The van der Waals surface area contributed by atoms with Crippen molar-refractivity contribution >= 4 is 5.69 Å². The number of nitro groups is 1. The fourth-order valence-corrected chi connectivity index (χ4v) is 1.32. The van der Waals surface area contributed by atoms with Crippen molar-refractivity contribution in [3.8, 4) is 11.8 Å². The second-order valence-corrected chi connectivity index (χ2v) is 3.03. The third-order valence-electron chi connectivity index (χ3n) is 2.09. The summed E-state index contributed by atoms with van der Waals surface area (Å²) in [6.45, 7) is 1.62. The van der Waals surface area contributed by atoms with E-state index in [0.717, 1.165) is 0 Å². The summed E-state index contributed by atoms with van der Waals surface area (Å²) in [5.74, 6) is 0.439. The van der Waals surface area contributed by atoms with Gasteiger partial charge in [0, 0.05) is 6.07 Å². The summed E-state index contributed by atoms with van der Waals surface area (Å²) < 4.78 is 5.01. The van der Waals surface area contributed by atoms with Crippen LogP contribution < -0.4 is 4.74 Å². The zero-order valence-corrected chi connectivity index (χ0v) is 8.48. The molecule has 0 fully saturated rings. The highest BCUT2D eigenvalue weighted by Gasteiger charge is 2.16. The zero-order chi connectivity index (χ0) is 11.4. The van der Waals surface area contributed by atoms with Crippen molar-refractivity contribution in [2.75, 3.05) is 7.11 Å². The fourth-order valence-electron chi connectivity index (χ4n) is 1.32. The fraction of sp³-hybridized carbons (Fsp3) is 0.300. The van der Waals surface area contributed by atoms with Gasteiger partial charge in [-0.15, -0.1) is 0 Å². The standard InChI is InChI=1S/C10H10N2O3/c1-7-9(12(13)14)5-8(3-4-11)6-10(7)15-2/h5-6H,3H2,1-2H3. The lowest BCUT2D eigenvalue weighted by atomic mass is 10.1. The molecule has 0 aromatic heterocycles. The monoisotopic (exact) mass is 206 g/mol. The van der Waals surface area contributed by atoms with E-state index in [2.05, 4.69) is 0 Å². The van der Waals surface area contributed by atoms with Crippen molar-refractivity contribution < 1.29 is 9.66 Å². The molecule has 0 aliphatic rings. The SMILES string of the molecule is COc1cc(CC#N)cc([N+](=O)[O-])c1C. The van der Waals surface area contributed by atoms with Crippen molar-refractivity contribution in [3.63, 3.8) is 0 Å². The predicted molar refractivity (Wildman–Crippen MR) is 53.7 cm³/mol. The number of benzene rings is 1. The summed E-state index contributed by atoms with van der Waals surface area (Å²) in [6, 6.07) is 4.99. The van der Waals surface area contributed by atoms with Crippen LogP contribution in [0.5, 0.6) is 5.75 Å². The van der Waals surface area contributed by atoms with Crippen LogP contribution in [0.25, 0.3) is 0 Å². The van der Waals surface area contributed by atoms with Gasteiger partial charge in [-0.3, -0.25) is 10.1 Å². The largest absolute Gasteiger partial charge is 0.496 e. The van der Waals surface area contributed by atoms with E-state index in [1.54, 1.807) is 13.0 Å². The van der Waals surface area contributed by atoms with Gasteiger partial charge in [0.15, 0.2) is 0 Å². The number of rotatable bonds is 3. The maximum Gasteiger partial charge on any atom is 0.276 e. The van der Waals surface area contributed by atoms with Gasteiger partial charge >= 0.3 is 0 Å². The highest BCUT2D eigenvalue weighted by atomic mass is 16.6. The van der Waals surface area contributed by atoms with E-state index >= 15 is 0 Å². The first kappa shape index (κ1) is 11.0. The Kier molecular flexibility index (Phi) is 3.24. The minimum Gasteiger partial charge on any atom is -0.496 e. The zero-order valence-electron chi connectivity index (χ0n) is 8.48. The van der Waals surface area contributed by atoms with E-state index in [4.69, 9.17) is 10.00 Å². The highest BCUT2D eigenvalue weighted by molar-refractivity contribution is 5.52. The van der Waals surface area contributed by atoms with E-state index in [-0.39, 0.29) is 12.1 Å². The maximum atomic E-state index is 10.7. The van der Waals surface area contributed by atoms with Gasteiger partial charge in [0.1, 0.15) is 5.75 Å². The van der Waals surface area contributed by atoms with E-state index in [9.17, 15) is 10.1 Å². The third-order valence-corrected chi connectivity index (χ3v) is 2.09. The van der Waals surface area contributed by atoms with Gasteiger partial charge in [0.25, 0.3) is 5.69 Å². The van der Waals surface area contributed by atoms with Gasteiger partial charge in [0.05, 0.1) is 30.1 Å². The quantitative estimate of drug-likeness (QED) is 0.559. The number of hydrogen-bond donors (Lipinski definition) is 0. The van der Waals surface area contributed by atoms with Crippen molar-refractivity contribution in [2.24, 2.45) is 0 Å². The van der Waals surface area contributed by atoms with Crippen LogP contribution in [0, 0.1) is 28.4 Å². The van der Waals surface area contributed by atoms with Crippen LogP contribution in [0.1, 0.15) is 11.1 Å². The Balaban J connectivity index is 3.33. The van der Waals surface area contributed by atoms with E-state index in [1.165, 1.54) is 13.2 Å². The molecule has 0 saturated heterocycles. The lowest BCUT2D eigenvalue weighted by Crippen LogP contribution is -1.97. The molecule has 15 heavy (non-hydrogen) atoms. The van der Waals surface area contributed by atoms with Crippen molar-refractivity contribution in [1.82, 2.24) is 0 Å². The lowest BCUT2D eigenvalue weighted by Gasteiger charge is -2.06. The molecule has 1 aromatic carbocycles. The number of ether oxygens (including phenoxy) is 1. The number of hydrogen-bond acceptors (Lipinski definition) is 4. The molecule has 78 valence electrons. The number of nitro benzene ring substituents is 1. The molecule has 1 rings (SSSR count). The topological polar surface area (TPSA) is 76.2 Å². The van der Waals surface area contributed by atoms with Crippen LogP contribution >= 0.6 is 0 Å². The summed E-state index contributed by atoms with van der Waals surface area (Å²) in [5.41, 5.74) is 1.05. The smallest absolute Gasteiger partial charge is 0.276 e. The molecule has 1 aromatic rings. The first-order valence-electron chi connectivity index (χ1n) is 4.29.